The summed E-state index contributed by atoms with van der Waals surface area (Å²) in [5.74, 6) is 0.127. The molecule has 3 atom stereocenters. The van der Waals surface area contributed by atoms with Crippen molar-refractivity contribution >= 4 is 6.29 Å². The van der Waals surface area contributed by atoms with Gasteiger partial charge in [-0.2, -0.15) is 5.26 Å². The van der Waals surface area contributed by atoms with Gasteiger partial charge in [0.15, 0.2) is 0 Å². The zero-order valence-electron chi connectivity index (χ0n) is 7.16. The maximum atomic E-state index is 10.4. The Balaban J connectivity index is 2.90. The molecule has 0 radical (unpaired) electrons. The molecule has 3 heteroatoms. The van der Waals surface area contributed by atoms with Gasteiger partial charge in [-0.3, -0.25) is 0 Å². The Kier molecular flexibility index (Phi) is 2.49. The van der Waals surface area contributed by atoms with E-state index in [1.54, 1.807) is 0 Å². The van der Waals surface area contributed by atoms with Gasteiger partial charge in [0, 0.05) is 0 Å². The van der Waals surface area contributed by atoms with Crippen molar-refractivity contribution in [1.82, 2.24) is 0 Å². The molecule has 0 aromatic carbocycles. The molecule has 0 aromatic rings. The molecule has 1 aliphatic carbocycles. The molecule has 1 aliphatic rings. The highest BCUT2D eigenvalue weighted by Crippen LogP contribution is 2.44. The minimum atomic E-state index is -1.11. The second kappa shape index (κ2) is 3.24. The molecule has 3 unspecified atom stereocenters. The summed E-state index contributed by atoms with van der Waals surface area (Å²) >= 11 is 0. The molecule has 0 spiro atoms. The number of rotatable bonds is 2. The first-order valence-electron chi connectivity index (χ1n) is 4.22. The number of nitriles is 1. The van der Waals surface area contributed by atoms with Crippen LogP contribution in [0.4, 0.5) is 0 Å². The molecule has 0 bridgehead atoms. The van der Waals surface area contributed by atoms with E-state index >= 15 is 0 Å². The van der Waals surface area contributed by atoms with E-state index in [4.69, 9.17) is 5.26 Å². The van der Waals surface area contributed by atoms with Crippen molar-refractivity contribution in [3.8, 4) is 6.07 Å². The Morgan fingerprint density at radius 2 is 2.50 bits per heavy atom. The van der Waals surface area contributed by atoms with Crippen LogP contribution in [0.15, 0.2) is 0 Å². The van der Waals surface area contributed by atoms with Gasteiger partial charge in [0.25, 0.3) is 0 Å². The maximum absolute atomic E-state index is 10.4. The molecule has 0 saturated heterocycles. The highest BCUT2D eigenvalue weighted by molar-refractivity contribution is 5.58. The van der Waals surface area contributed by atoms with Crippen LogP contribution >= 0.6 is 0 Å². The highest BCUT2D eigenvalue weighted by atomic mass is 16.3. The third-order valence-electron chi connectivity index (χ3n) is 2.97. The average Bonchev–Trinajstić information content (AvgIpc) is 2.46. The highest BCUT2D eigenvalue weighted by Gasteiger charge is 2.46. The number of hydrogen-bond acceptors (Lipinski definition) is 3. The Labute approximate surface area is 72.0 Å². The van der Waals surface area contributed by atoms with E-state index in [0.717, 1.165) is 12.8 Å². The topological polar surface area (TPSA) is 61.1 Å². The molecule has 3 nitrogen and oxygen atoms in total. The van der Waals surface area contributed by atoms with Gasteiger partial charge in [0.05, 0.1) is 11.5 Å². The Morgan fingerprint density at radius 3 is 2.83 bits per heavy atom. The van der Waals surface area contributed by atoms with Crippen LogP contribution in [-0.4, -0.2) is 17.5 Å². The molecule has 1 rings (SSSR count). The van der Waals surface area contributed by atoms with E-state index in [-0.39, 0.29) is 5.92 Å². The van der Waals surface area contributed by atoms with Crippen molar-refractivity contribution in [3.05, 3.63) is 0 Å². The molecule has 1 fully saturated rings. The van der Waals surface area contributed by atoms with E-state index in [1.807, 2.05) is 6.92 Å². The largest absolute Gasteiger partial charge is 0.384 e. The van der Waals surface area contributed by atoms with E-state index in [9.17, 15) is 9.90 Å². The zero-order chi connectivity index (χ0) is 9.19. The zero-order valence-corrected chi connectivity index (χ0v) is 7.16. The van der Waals surface area contributed by atoms with Gasteiger partial charge >= 0.3 is 0 Å². The number of aliphatic hydroxyl groups excluding tert-OH is 1. The average molecular weight is 167 g/mol. The van der Waals surface area contributed by atoms with Gasteiger partial charge in [-0.05, 0) is 18.8 Å². The lowest BCUT2D eigenvalue weighted by molar-refractivity contribution is -0.120. The van der Waals surface area contributed by atoms with Crippen LogP contribution in [0.3, 0.4) is 0 Å². The summed E-state index contributed by atoms with van der Waals surface area (Å²) in [4.78, 5) is 10.4. The third kappa shape index (κ3) is 1.12. The fourth-order valence-electron chi connectivity index (χ4n) is 2.00. The summed E-state index contributed by atoms with van der Waals surface area (Å²) in [6.07, 6.45) is 1.87. The van der Waals surface area contributed by atoms with Crippen LogP contribution in [0, 0.1) is 22.7 Å². The molecule has 0 aromatic heterocycles. The van der Waals surface area contributed by atoms with Crippen molar-refractivity contribution in [3.63, 3.8) is 0 Å². The monoisotopic (exact) mass is 167 g/mol. The second-order valence-corrected chi connectivity index (χ2v) is 3.53. The van der Waals surface area contributed by atoms with Gasteiger partial charge in [-0.1, -0.05) is 13.3 Å². The lowest BCUT2D eigenvalue weighted by atomic mass is 9.76. The van der Waals surface area contributed by atoms with Crippen molar-refractivity contribution in [2.45, 2.75) is 32.3 Å². The molecule has 0 aliphatic heterocycles. The van der Waals surface area contributed by atoms with Crippen molar-refractivity contribution < 1.29 is 9.90 Å². The summed E-state index contributed by atoms with van der Waals surface area (Å²) in [7, 11) is 0. The summed E-state index contributed by atoms with van der Waals surface area (Å²) in [5.41, 5.74) is -0.804. The molecule has 0 heterocycles. The molecule has 66 valence electrons. The van der Waals surface area contributed by atoms with Crippen LogP contribution in [0.2, 0.25) is 0 Å². The first kappa shape index (κ1) is 9.21. The number of carbonyl (C=O) groups is 1. The van der Waals surface area contributed by atoms with E-state index in [2.05, 4.69) is 6.07 Å². The summed E-state index contributed by atoms with van der Waals surface area (Å²) < 4.78 is 0. The predicted octanol–water partition coefficient (Wildman–Crippen LogP) is 0.876. The summed E-state index contributed by atoms with van der Waals surface area (Å²) in [6, 6.07) is 2.10. The number of nitrogens with zero attached hydrogens (tertiary/aromatic N) is 1. The van der Waals surface area contributed by atoms with E-state index < -0.39 is 11.5 Å². The molecular formula is C9H13NO2. The van der Waals surface area contributed by atoms with Crippen LogP contribution in [-0.2, 0) is 4.79 Å². The van der Waals surface area contributed by atoms with Gasteiger partial charge in [0.2, 0.25) is 0 Å². The van der Waals surface area contributed by atoms with Crippen LogP contribution in [0.1, 0.15) is 26.2 Å². The minimum absolute atomic E-state index is 0.127. The first-order chi connectivity index (χ1) is 5.67. The van der Waals surface area contributed by atoms with Crippen LogP contribution < -0.4 is 0 Å². The second-order valence-electron chi connectivity index (χ2n) is 3.53. The van der Waals surface area contributed by atoms with E-state index in [0.29, 0.717) is 12.7 Å². The molecule has 1 saturated carbocycles. The Morgan fingerprint density at radius 1 is 1.83 bits per heavy atom. The smallest absolute Gasteiger partial charge is 0.150 e. The quantitative estimate of drug-likeness (QED) is 0.621. The SMILES string of the molecule is CC1CCCC1(C#N)C(O)C=O. The predicted molar refractivity (Wildman–Crippen MR) is 43.1 cm³/mol. The van der Waals surface area contributed by atoms with Gasteiger partial charge in [0.1, 0.15) is 12.4 Å². The maximum Gasteiger partial charge on any atom is 0.150 e. The number of carbonyl (C=O) groups excluding carboxylic acids is 1. The van der Waals surface area contributed by atoms with E-state index in [1.165, 1.54) is 0 Å². The standard InChI is InChI=1S/C9H13NO2/c1-7-3-2-4-9(7,6-10)8(12)5-11/h5,7-8,12H,2-4H2,1H3. The fourth-order valence-corrected chi connectivity index (χ4v) is 2.00. The van der Waals surface area contributed by atoms with Gasteiger partial charge in [-0.25, -0.2) is 0 Å². The summed E-state index contributed by atoms with van der Waals surface area (Å²) in [6.45, 7) is 1.92. The van der Waals surface area contributed by atoms with Gasteiger partial charge < -0.3 is 9.90 Å². The molecule has 0 amide bonds. The Hall–Kier alpha value is -0.880. The summed E-state index contributed by atoms with van der Waals surface area (Å²) in [5, 5.41) is 18.3. The normalized spacial score (nSPS) is 37.2. The third-order valence-corrected chi connectivity index (χ3v) is 2.97. The molecule has 1 N–H and O–H groups in total. The van der Waals surface area contributed by atoms with Crippen molar-refractivity contribution in [2.24, 2.45) is 11.3 Å². The first-order valence-corrected chi connectivity index (χ1v) is 4.22. The number of aldehydes is 1. The fraction of sp³-hybridized carbons (Fsp3) is 0.778. The number of aliphatic hydroxyl groups is 1. The Bertz CT molecular complexity index is 221. The van der Waals surface area contributed by atoms with Crippen molar-refractivity contribution in [2.75, 3.05) is 0 Å². The number of hydrogen-bond donors (Lipinski definition) is 1. The molecular weight excluding hydrogens is 154 g/mol. The van der Waals surface area contributed by atoms with Gasteiger partial charge in [-0.15, -0.1) is 0 Å². The van der Waals surface area contributed by atoms with Crippen molar-refractivity contribution in [1.29, 1.82) is 5.26 Å². The lowest BCUT2D eigenvalue weighted by Crippen LogP contribution is -2.37. The minimum Gasteiger partial charge on any atom is -0.384 e. The lowest BCUT2D eigenvalue weighted by Gasteiger charge is -2.27. The molecule has 12 heavy (non-hydrogen) atoms. The van der Waals surface area contributed by atoms with Crippen LogP contribution in [0.25, 0.3) is 0 Å². The van der Waals surface area contributed by atoms with Crippen LogP contribution in [0.5, 0.6) is 0 Å².